The zero-order valence-electron chi connectivity index (χ0n) is 18.6. The third-order valence-electron chi connectivity index (χ3n) is 6.02. The number of nitrogens with zero attached hydrogens (tertiary/aromatic N) is 2. The number of benzene rings is 3. The van der Waals surface area contributed by atoms with Crippen molar-refractivity contribution in [3.05, 3.63) is 78.4 Å². The van der Waals surface area contributed by atoms with Gasteiger partial charge in [0.25, 0.3) is 0 Å². The molecule has 3 aromatic carbocycles. The van der Waals surface area contributed by atoms with Gasteiger partial charge in [-0.1, -0.05) is 30.7 Å². The van der Waals surface area contributed by atoms with Gasteiger partial charge in [-0.3, -0.25) is 4.79 Å². The molecule has 0 bridgehead atoms. The normalized spacial score (nSPS) is 14.8. The lowest BCUT2D eigenvalue weighted by Crippen LogP contribution is -2.35. The van der Waals surface area contributed by atoms with E-state index in [1.165, 1.54) is 16.4 Å². The molecule has 2 heterocycles. The van der Waals surface area contributed by atoms with Crippen LogP contribution in [-0.2, 0) is 10.0 Å². The van der Waals surface area contributed by atoms with Crippen molar-refractivity contribution in [3.63, 3.8) is 0 Å². The van der Waals surface area contributed by atoms with Gasteiger partial charge in [0.2, 0.25) is 10.0 Å². The first-order valence-electron chi connectivity index (χ1n) is 11.3. The van der Waals surface area contributed by atoms with Gasteiger partial charge in [-0.15, -0.1) is 11.3 Å². The highest BCUT2D eigenvalue weighted by Gasteiger charge is 2.26. The monoisotopic (exact) mass is 491 g/mol. The van der Waals surface area contributed by atoms with E-state index < -0.39 is 10.0 Å². The predicted octanol–water partition coefficient (Wildman–Crippen LogP) is 5.43. The summed E-state index contributed by atoms with van der Waals surface area (Å²) in [6.45, 7) is 1.21. The fourth-order valence-electron chi connectivity index (χ4n) is 4.16. The van der Waals surface area contributed by atoms with Gasteiger partial charge < -0.3 is 5.32 Å². The second-order valence-corrected chi connectivity index (χ2v) is 11.3. The molecule has 0 atom stereocenters. The van der Waals surface area contributed by atoms with Crippen molar-refractivity contribution in [2.45, 2.75) is 24.2 Å². The number of carbonyl (C=O) groups excluding carboxylic acids is 1. The zero-order valence-corrected chi connectivity index (χ0v) is 20.2. The Bertz CT molecular complexity index is 1390. The van der Waals surface area contributed by atoms with Gasteiger partial charge in [-0.05, 0) is 61.4 Å². The summed E-state index contributed by atoms with van der Waals surface area (Å²) in [5.74, 6) is -0.110. The molecular formula is C26H25N3O3S2. The quantitative estimate of drug-likeness (QED) is 0.349. The van der Waals surface area contributed by atoms with E-state index in [-0.39, 0.29) is 17.2 Å². The topological polar surface area (TPSA) is 79.4 Å². The summed E-state index contributed by atoms with van der Waals surface area (Å²) in [4.78, 5) is 17.8. The van der Waals surface area contributed by atoms with Crippen LogP contribution < -0.4 is 5.32 Å². The Labute approximate surface area is 203 Å². The van der Waals surface area contributed by atoms with E-state index in [4.69, 9.17) is 4.98 Å². The van der Waals surface area contributed by atoms with Crippen LogP contribution in [0.4, 0.5) is 5.69 Å². The van der Waals surface area contributed by atoms with Gasteiger partial charge in [0.15, 0.2) is 5.78 Å². The van der Waals surface area contributed by atoms with E-state index in [9.17, 15) is 13.2 Å². The van der Waals surface area contributed by atoms with Crippen LogP contribution in [-0.4, -0.2) is 43.1 Å². The highest BCUT2D eigenvalue weighted by molar-refractivity contribution is 7.89. The molecule has 0 unspecified atom stereocenters. The average Bonchev–Trinajstić information content (AvgIpc) is 3.32. The maximum absolute atomic E-state index is 12.8. The van der Waals surface area contributed by atoms with Crippen LogP contribution >= 0.6 is 11.3 Å². The van der Waals surface area contributed by atoms with Crippen molar-refractivity contribution in [2.24, 2.45) is 0 Å². The summed E-state index contributed by atoms with van der Waals surface area (Å²) < 4.78 is 28.3. The largest absolute Gasteiger partial charge is 0.377 e. The minimum absolute atomic E-state index is 0.0974. The molecule has 34 heavy (non-hydrogen) atoms. The number of Topliss-reactive ketones (excluding diaryl/α,β-unsaturated/α-hetero) is 1. The van der Waals surface area contributed by atoms with Crippen LogP contribution in [0.2, 0.25) is 0 Å². The molecule has 1 aromatic heterocycles. The van der Waals surface area contributed by atoms with E-state index in [0.717, 1.165) is 45.7 Å². The minimum Gasteiger partial charge on any atom is -0.377 e. The zero-order chi connectivity index (χ0) is 23.5. The first-order chi connectivity index (χ1) is 16.5. The molecule has 0 aliphatic carbocycles. The van der Waals surface area contributed by atoms with Gasteiger partial charge in [0.1, 0.15) is 5.01 Å². The average molecular weight is 492 g/mol. The third-order valence-corrected chi connectivity index (χ3v) is 9.00. The van der Waals surface area contributed by atoms with Gasteiger partial charge in [0.05, 0.1) is 21.7 Å². The molecule has 0 saturated carbocycles. The molecule has 5 rings (SSSR count). The maximum Gasteiger partial charge on any atom is 0.243 e. The van der Waals surface area contributed by atoms with Crippen LogP contribution in [0.15, 0.2) is 77.7 Å². The first-order valence-corrected chi connectivity index (χ1v) is 13.6. The van der Waals surface area contributed by atoms with Crippen LogP contribution in [0.5, 0.6) is 0 Å². The number of aromatic nitrogens is 1. The van der Waals surface area contributed by atoms with Crippen LogP contribution in [0.3, 0.4) is 0 Å². The van der Waals surface area contributed by atoms with Crippen LogP contribution in [0, 0.1) is 0 Å². The number of hydrogen-bond acceptors (Lipinski definition) is 6. The number of piperidine rings is 1. The molecule has 0 spiro atoms. The fraction of sp³-hybridized carbons (Fsp3) is 0.231. The molecule has 0 radical (unpaired) electrons. The Morgan fingerprint density at radius 3 is 2.38 bits per heavy atom. The summed E-state index contributed by atoms with van der Waals surface area (Å²) in [7, 11) is -3.51. The van der Waals surface area contributed by atoms with Crippen molar-refractivity contribution >= 4 is 43.0 Å². The standard InChI is InChI=1S/C26H25N3O3S2/c30-24(19-12-14-20(15-13-19)34(31,32)29-16-6-1-7-17-29)18-27-22-9-3-2-8-21(22)26-28-23-10-4-5-11-25(23)33-26/h2-5,8-15,27H,1,6-7,16-18H2. The number of nitrogens with one attached hydrogen (secondary N) is 1. The molecule has 0 amide bonds. The number of thiazole rings is 1. The Balaban J connectivity index is 1.29. The molecule has 1 fully saturated rings. The summed E-state index contributed by atoms with van der Waals surface area (Å²) >= 11 is 1.61. The van der Waals surface area contributed by atoms with Crippen LogP contribution in [0.25, 0.3) is 20.8 Å². The molecule has 1 aliphatic heterocycles. The SMILES string of the molecule is O=C(CNc1ccccc1-c1nc2ccccc2s1)c1ccc(S(=O)(=O)N2CCCCC2)cc1. The number of para-hydroxylation sites is 2. The van der Waals surface area contributed by atoms with Gasteiger partial charge >= 0.3 is 0 Å². The molecule has 174 valence electrons. The lowest BCUT2D eigenvalue weighted by molar-refractivity contribution is 0.101. The smallest absolute Gasteiger partial charge is 0.243 e. The summed E-state index contributed by atoms with van der Waals surface area (Å²) in [6, 6.07) is 22.1. The Kier molecular flexibility index (Phi) is 6.45. The highest BCUT2D eigenvalue weighted by atomic mass is 32.2. The number of rotatable bonds is 7. The molecule has 6 nitrogen and oxygen atoms in total. The maximum atomic E-state index is 12.8. The number of sulfonamides is 1. The Hall–Kier alpha value is -3.07. The molecule has 1 saturated heterocycles. The van der Waals surface area contributed by atoms with Gasteiger partial charge in [0, 0.05) is 29.9 Å². The van der Waals surface area contributed by atoms with E-state index >= 15 is 0 Å². The number of fused-ring (bicyclic) bond motifs is 1. The molecular weight excluding hydrogens is 466 g/mol. The number of hydrogen-bond donors (Lipinski definition) is 1. The Morgan fingerprint density at radius 2 is 1.62 bits per heavy atom. The predicted molar refractivity (Wildman–Crippen MR) is 137 cm³/mol. The molecule has 1 aliphatic rings. The van der Waals surface area contributed by atoms with Crippen molar-refractivity contribution in [1.82, 2.24) is 9.29 Å². The number of ketones is 1. The van der Waals surface area contributed by atoms with Crippen molar-refractivity contribution in [2.75, 3.05) is 25.0 Å². The lowest BCUT2D eigenvalue weighted by atomic mass is 10.1. The van der Waals surface area contributed by atoms with E-state index in [1.54, 1.807) is 23.5 Å². The third kappa shape index (κ3) is 4.61. The Morgan fingerprint density at radius 1 is 0.912 bits per heavy atom. The van der Waals surface area contributed by atoms with Crippen LogP contribution in [0.1, 0.15) is 29.6 Å². The summed E-state index contributed by atoms with van der Waals surface area (Å²) in [6.07, 6.45) is 2.84. The molecule has 1 N–H and O–H groups in total. The van der Waals surface area contributed by atoms with Crippen molar-refractivity contribution in [3.8, 4) is 10.6 Å². The highest BCUT2D eigenvalue weighted by Crippen LogP contribution is 2.34. The van der Waals surface area contributed by atoms with Gasteiger partial charge in [-0.25, -0.2) is 13.4 Å². The molecule has 8 heteroatoms. The lowest BCUT2D eigenvalue weighted by Gasteiger charge is -2.25. The van der Waals surface area contributed by atoms with E-state index in [2.05, 4.69) is 5.32 Å². The fourth-order valence-corrected chi connectivity index (χ4v) is 6.68. The van der Waals surface area contributed by atoms with Gasteiger partial charge in [-0.2, -0.15) is 4.31 Å². The van der Waals surface area contributed by atoms with E-state index in [1.807, 2.05) is 48.5 Å². The number of anilines is 1. The van der Waals surface area contributed by atoms with E-state index in [0.29, 0.717) is 18.7 Å². The first kappa shape index (κ1) is 22.7. The van der Waals surface area contributed by atoms with Crippen molar-refractivity contribution in [1.29, 1.82) is 0 Å². The second kappa shape index (κ2) is 9.66. The molecule has 4 aromatic rings. The minimum atomic E-state index is -3.51. The van der Waals surface area contributed by atoms with Crippen molar-refractivity contribution < 1.29 is 13.2 Å². The summed E-state index contributed by atoms with van der Waals surface area (Å²) in [5, 5.41) is 4.13. The second-order valence-electron chi connectivity index (χ2n) is 8.30. The summed E-state index contributed by atoms with van der Waals surface area (Å²) in [5.41, 5.74) is 3.20. The number of carbonyl (C=O) groups is 1.